The summed E-state index contributed by atoms with van der Waals surface area (Å²) in [4.78, 5) is 12.7. The zero-order valence-corrected chi connectivity index (χ0v) is 23.7. The molecule has 0 fully saturated rings. The Balaban J connectivity index is 1.51. The van der Waals surface area contributed by atoms with Gasteiger partial charge in [-0.05, 0) is 86.5 Å². The molecule has 8 nitrogen and oxygen atoms in total. The Hall–Kier alpha value is -3.86. The number of carbonyl (C=O) groups is 1. The number of halogens is 1. The number of rotatable bonds is 8. The van der Waals surface area contributed by atoms with E-state index >= 15 is 0 Å². The fraction of sp³-hybridized carbons (Fsp3) is 0.107. The molecule has 0 heterocycles. The van der Waals surface area contributed by atoms with Crippen molar-refractivity contribution < 1.29 is 21.6 Å². The average Bonchev–Trinajstić information content (AvgIpc) is 2.87. The molecule has 0 atom stereocenters. The topological polar surface area (TPSA) is 121 Å². The first-order valence-corrected chi connectivity index (χ1v) is 15.1. The van der Waals surface area contributed by atoms with Gasteiger partial charge in [-0.2, -0.15) is 0 Å². The van der Waals surface area contributed by atoms with Crippen LogP contribution in [0.2, 0.25) is 5.02 Å². The third-order valence-corrected chi connectivity index (χ3v) is 9.15. The van der Waals surface area contributed by atoms with Gasteiger partial charge in [0.05, 0.1) is 21.3 Å². The molecule has 0 saturated heterocycles. The normalized spacial score (nSPS) is 11.6. The van der Waals surface area contributed by atoms with Crippen LogP contribution in [0.5, 0.6) is 0 Å². The standard InChI is InChI=1S/C28H26ClN3O5S2/c1-18-8-15-26(20(3)16-18)32-39(36,37)27-17-21(9-14-24(27)29)28(33)30-22-10-12-23(13-11-22)38(34,35)31-25-7-5-4-6-19(25)2/h4-17,31-32H,1-3H3,(H,30,33). The molecular weight excluding hydrogens is 558 g/mol. The zero-order chi connectivity index (χ0) is 28.4. The molecule has 0 bridgehead atoms. The third-order valence-electron chi connectivity index (χ3n) is 5.92. The van der Waals surface area contributed by atoms with Gasteiger partial charge >= 0.3 is 0 Å². The average molecular weight is 584 g/mol. The first-order valence-electron chi connectivity index (χ1n) is 11.8. The van der Waals surface area contributed by atoms with Gasteiger partial charge in [-0.25, -0.2) is 16.8 Å². The molecular formula is C28H26ClN3O5S2. The molecule has 0 aromatic heterocycles. The highest BCUT2D eigenvalue weighted by molar-refractivity contribution is 7.93. The first kappa shape index (κ1) is 28.2. The summed E-state index contributed by atoms with van der Waals surface area (Å²) in [5, 5.41) is 2.60. The van der Waals surface area contributed by atoms with E-state index in [1.54, 1.807) is 44.2 Å². The molecule has 1 amide bonds. The Morgan fingerprint density at radius 3 is 2.00 bits per heavy atom. The number of hydrogen-bond acceptors (Lipinski definition) is 5. The van der Waals surface area contributed by atoms with Crippen LogP contribution in [-0.4, -0.2) is 22.7 Å². The van der Waals surface area contributed by atoms with Crippen LogP contribution in [-0.2, 0) is 20.0 Å². The minimum atomic E-state index is -4.09. The molecule has 0 spiro atoms. The Bertz CT molecular complexity index is 1770. The van der Waals surface area contributed by atoms with Crippen LogP contribution in [0.15, 0.2) is 94.7 Å². The lowest BCUT2D eigenvalue weighted by molar-refractivity contribution is 0.102. The maximum atomic E-state index is 13.1. The molecule has 0 aliphatic carbocycles. The third kappa shape index (κ3) is 6.59. The molecule has 4 aromatic rings. The molecule has 4 aromatic carbocycles. The lowest BCUT2D eigenvalue weighted by Gasteiger charge is -2.14. The van der Waals surface area contributed by atoms with Crippen molar-refractivity contribution >= 4 is 54.6 Å². The van der Waals surface area contributed by atoms with Gasteiger partial charge in [0, 0.05) is 11.3 Å². The minimum Gasteiger partial charge on any atom is -0.322 e. The molecule has 3 N–H and O–H groups in total. The molecule has 4 rings (SSSR count). The number of nitrogens with one attached hydrogen (secondary N) is 3. The van der Waals surface area contributed by atoms with E-state index in [2.05, 4.69) is 14.8 Å². The molecule has 0 radical (unpaired) electrons. The second-order valence-electron chi connectivity index (χ2n) is 8.97. The van der Waals surface area contributed by atoms with E-state index < -0.39 is 26.0 Å². The van der Waals surface area contributed by atoms with Crippen LogP contribution in [0.1, 0.15) is 27.0 Å². The van der Waals surface area contributed by atoms with Crippen LogP contribution in [0.3, 0.4) is 0 Å². The molecule has 0 unspecified atom stereocenters. The molecule has 0 saturated carbocycles. The van der Waals surface area contributed by atoms with Crippen molar-refractivity contribution in [3.05, 3.63) is 112 Å². The van der Waals surface area contributed by atoms with Gasteiger partial charge in [-0.15, -0.1) is 0 Å². The van der Waals surface area contributed by atoms with Gasteiger partial charge < -0.3 is 5.32 Å². The van der Waals surface area contributed by atoms with Crippen molar-refractivity contribution in [3.63, 3.8) is 0 Å². The highest BCUT2D eigenvalue weighted by Gasteiger charge is 2.22. The zero-order valence-electron chi connectivity index (χ0n) is 21.3. The van der Waals surface area contributed by atoms with Crippen molar-refractivity contribution in [3.8, 4) is 0 Å². The quantitative estimate of drug-likeness (QED) is 0.231. The van der Waals surface area contributed by atoms with E-state index in [1.165, 1.54) is 42.5 Å². The van der Waals surface area contributed by atoms with Crippen molar-refractivity contribution in [2.45, 2.75) is 30.6 Å². The molecule has 202 valence electrons. The summed E-state index contributed by atoms with van der Waals surface area (Å²) in [6, 6.07) is 21.8. The smallest absolute Gasteiger partial charge is 0.263 e. The minimum absolute atomic E-state index is 0.0149. The summed E-state index contributed by atoms with van der Waals surface area (Å²) in [5.74, 6) is -0.594. The summed E-state index contributed by atoms with van der Waals surface area (Å²) in [6.07, 6.45) is 0. The summed E-state index contributed by atoms with van der Waals surface area (Å²) < 4.78 is 56.8. The lowest BCUT2D eigenvalue weighted by Crippen LogP contribution is -2.17. The fourth-order valence-electron chi connectivity index (χ4n) is 3.79. The van der Waals surface area contributed by atoms with Crippen molar-refractivity contribution in [2.24, 2.45) is 0 Å². The van der Waals surface area contributed by atoms with E-state index in [1.807, 2.05) is 19.1 Å². The molecule has 39 heavy (non-hydrogen) atoms. The van der Waals surface area contributed by atoms with Crippen molar-refractivity contribution in [1.82, 2.24) is 0 Å². The number of carbonyl (C=O) groups excluding carboxylic acids is 1. The number of anilines is 3. The van der Waals surface area contributed by atoms with Gasteiger partial charge in [-0.3, -0.25) is 14.2 Å². The molecule has 0 aliphatic heterocycles. The predicted octanol–water partition coefficient (Wildman–Crippen LogP) is 6.12. The predicted molar refractivity (Wildman–Crippen MR) is 155 cm³/mol. The molecule has 11 heteroatoms. The number of para-hydroxylation sites is 1. The second-order valence-corrected chi connectivity index (χ2v) is 12.7. The monoisotopic (exact) mass is 583 g/mol. The van der Waals surface area contributed by atoms with Gasteiger partial charge in [0.25, 0.3) is 26.0 Å². The van der Waals surface area contributed by atoms with E-state index in [-0.39, 0.29) is 20.4 Å². The van der Waals surface area contributed by atoms with Crippen LogP contribution < -0.4 is 14.8 Å². The summed E-state index contributed by atoms with van der Waals surface area (Å²) in [7, 11) is -7.94. The Morgan fingerprint density at radius 1 is 0.692 bits per heavy atom. The van der Waals surface area contributed by atoms with Crippen molar-refractivity contribution in [1.29, 1.82) is 0 Å². The number of benzene rings is 4. The molecule has 0 aliphatic rings. The van der Waals surface area contributed by atoms with Gasteiger partial charge in [0.1, 0.15) is 4.90 Å². The van der Waals surface area contributed by atoms with E-state index in [9.17, 15) is 21.6 Å². The first-order chi connectivity index (χ1) is 18.4. The van der Waals surface area contributed by atoms with Crippen LogP contribution >= 0.6 is 11.6 Å². The largest absolute Gasteiger partial charge is 0.322 e. The Labute approximate surface area is 233 Å². The Morgan fingerprint density at radius 2 is 1.33 bits per heavy atom. The van der Waals surface area contributed by atoms with E-state index in [0.717, 1.165) is 16.7 Å². The van der Waals surface area contributed by atoms with Gasteiger partial charge in [-0.1, -0.05) is 47.5 Å². The number of aryl methyl sites for hydroxylation is 3. The maximum Gasteiger partial charge on any atom is 0.263 e. The maximum absolute atomic E-state index is 13.1. The summed E-state index contributed by atoms with van der Waals surface area (Å²) in [6.45, 7) is 5.48. The van der Waals surface area contributed by atoms with E-state index in [0.29, 0.717) is 17.1 Å². The SMILES string of the molecule is Cc1ccc(NS(=O)(=O)c2cc(C(=O)Nc3ccc(S(=O)(=O)Nc4ccccc4C)cc3)ccc2Cl)c(C)c1. The fourth-order valence-corrected chi connectivity index (χ4v) is 6.58. The van der Waals surface area contributed by atoms with Crippen LogP contribution in [0.25, 0.3) is 0 Å². The summed E-state index contributed by atoms with van der Waals surface area (Å²) >= 11 is 6.19. The van der Waals surface area contributed by atoms with Crippen LogP contribution in [0, 0.1) is 20.8 Å². The number of amides is 1. The number of hydrogen-bond donors (Lipinski definition) is 3. The summed E-state index contributed by atoms with van der Waals surface area (Å²) in [5.41, 5.74) is 3.75. The van der Waals surface area contributed by atoms with Crippen molar-refractivity contribution in [2.75, 3.05) is 14.8 Å². The Kier molecular flexibility index (Phi) is 8.01. The van der Waals surface area contributed by atoms with Gasteiger partial charge in [0.15, 0.2) is 0 Å². The lowest BCUT2D eigenvalue weighted by atomic mass is 10.1. The number of sulfonamides is 2. The van der Waals surface area contributed by atoms with E-state index in [4.69, 9.17) is 11.6 Å². The highest BCUT2D eigenvalue weighted by atomic mass is 35.5. The van der Waals surface area contributed by atoms with Gasteiger partial charge in [0.2, 0.25) is 0 Å². The van der Waals surface area contributed by atoms with Crippen LogP contribution in [0.4, 0.5) is 17.1 Å². The highest BCUT2D eigenvalue weighted by Crippen LogP contribution is 2.27. The second kappa shape index (κ2) is 11.1.